The molecule has 0 aliphatic carbocycles. The first kappa shape index (κ1) is 21.7. The fourth-order valence-electron chi connectivity index (χ4n) is 5.14. The van der Waals surface area contributed by atoms with Gasteiger partial charge in [0.05, 0.1) is 16.6 Å². The summed E-state index contributed by atoms with van der Waals surface area (Å²) in [6.07, 6.45) is 1.77. The predicted molar refractivity (Wildman–Crippen MR) is 153 cm³/mol. The van der Waals surface area contributed by atoms with E-state index in [9.17, 15) is 0 Å². The highest BCUT2D eigenvalue weighted by molar-refractivity contribution is 7.85. The molecule has 5 heteroatoms. The summed E-state index contributed by atoms with van der Waals surface area (Å²) in [5.41, 5.74) is 4.40. The van der Waals surface area contributed by atoms with E-state index in [0.29, 0.717) is 5.57 Å². The van der Waals surface area contributed by atoms with Crippen LogP contribution in [0.4, 0.5) is 0 Å². The van der Waals surface area contributed by atoms with Crippen molar-refractivity contribution in [3.63, 3.8) is 0 Å². The van der Waals surface area contributed by atoms with Crippen LogP contribution >= 0.6 is 7.14 Å². The number of fused-ring (bicyclic) bond motifs is 4. The number of aromatic nitrogens is 3. The number of rotatable bonds is 4. The lowest BCUT2D eigenvalue weighted by Crippen LogP contribution is -2.29. The van der Waals surface area contributed by atoms with Gasteiger partial charge in [0.1, 0.15) is 0 Å². The van der Waals surface area contributed by atoms with Gasteiger partial charge in [0, 0.05) is 38.7 Å². The van der Waals surface area contributed by atoms with E-state index in [1.54, 1.807) is 6.20 Å². The second-order valence-corrected chi connectivity index (χ2v) is 11.7. The van der Waals surface area contributed by atoms with Crippen molar-refractivity contribution in [2.24, 2.45) is 0 Å². The van der Waals surface area contributed by atoms with Crippen LogP contribution in [0.2, 0.25) is 0 Å². The normalized spacial score (nSPS) is 13.2. The molecule has 0 radical (unpaired) electrons. The Balaban J connectivity index is 1.53. The minimum absolute atomic E-state index is 0.351. The fourth-order valence-corrected chi connectivity index (χ4v) is 7.56. The molecular formula is C32H22N3OP. The van der Waals surface area contributed by atoms with Gasteiger partial charge in [-0.2, -0.15) is 0 Å². The molecule has 1 atom stereocenters. The Morgan fingerprint density at radius 1 is 0.595 bits per heavy atom. The van der Waals surface area contributed by atoms with Gasteiger partial charge in [0.15, 0.2) is 5.57 Å². The molecule has 4 nitrogen and oxygen atoms in total. The smallest absolute Gasteiger partial charge is 0.206 e. The fraction of sp³-hybridized carbons (Fsp3) is 0. The molecule has 2 heterocycles. The average Bonchev–Trinajstić information content (AvgIpc) is 3.31. The van der Waals surface area contributed by atoms with Crippen molar-refractivity contribution >= 4 is 56.0 Å². The molecule has 0 amide bonds. The van der Waals surface area contributed by atoms with Crippen LogP contribution in [0.25, 0.3) is 38.4 Å². The van der Waals surface area contributed by atoms with Crippen LogP contribution in [0.1, 0.15) is 0 Å². The minimum atomic E-state index is -3.36. The van der Waals surface area contributed by atoms with Gasteiger partial charge < -0.3 is 9.13 Å². The third-order valence-corrected chi connectivity index (χ3v) is 9.72. The first-order valence-electron chi connectivity index (χ1n) is 12.2. The molecule has 0 spiro atoms. The molecule has 5 aromatic carbocycles. The molecule has 176 valence electrons. The Bertz CT molecular complexity index is 1960. The Hall–Kier alpha value is -4.53. The topological polar surface area (TPSA) is 47.8 Å². The van der Waals surface area contributed by atoms with Crippen LogP contribution in [0.3, 0.4) is 0 Å². The third-order valence-electron chi connectivity index (χ3n) is 6.91. The zero-order valence-corrected chi connectivity index (χ0v) is 20.8. The van der Waals surface area contributed by atoms with E-state index in [2.05, 4.69) is 52.0 Å². The monoisotopic (exact) mass is 495 g/mol. The van der Waals surface area contributed by atoms with Gasteiger partial charge in [0.25, 0.3) is 0 Å². The molecule has 0 fully saturated rings. The van der Waals surface area contributed by atoms with Gasteiger partial charge in [-0.3, -0.25) is 0 Å². The van der Waals surface area contributed by atoms with Crippen LogP contribution in [-0.4, -0.2) is 14.5 Å². The van der Waals surface area contributed by atoms with E-state index >= 15 is 4.57 Å². The predicted octanol–water partition coefficient (Wildman–Crippen LogP) is 6.37. The van der Waals surface area contributed by atoms with Crippen LogP contribution in [0.5, 0.6) is 0 Å². The van der Waals surface area contributed by atoms with Crippen molar-refractivity contribution in [2.75, 3.05) is 0 Å². The molecule has 0 bridgehead atoms. The molecule has 0 saturated heterocycles. The number of para-hydroxylation sites is 3. The van der Waals surface area contributed by atoms with Gasteiger partial charge in [-0.15, -0.1) is 0 Å². The van der Waals surface area contributed by atoms with Crippen LogP contribution in [0, 0.1) is 0 Å². The summed E-state index contributed by atoms with van der Waals surface area (Å²) in [5.74, 6) is 0. The molecule has 2 aromatic heterocycles. The average molecular weight is 496 g/mol. The van der Waals surface area contributed by atoms with Crippen molar-refractivity contribution in [1.82, 2.24) is 14.5 Å². The van der Waals surface area contributed by atoms with E-state index in [0.717, 1.165) is 49.0 Å². The lowest BCUT2D eigenvalue weighted by molar-refractivity contribution is 0.591. The summed E-state index contributed by atoms with van der Waals surface area (Å²) in [7, 11) is -3.36. The molecule has 37 heavy (non-hydrogen) atoms. The summed E-state index contributed by atoms with van der Waals surface area (Å²) in [6, 6.07) is 42.2. The van der Waals surface area contributed by atoms with E-state index in [1.807, 2.05) is 84.9 Å². The molecule has 0 saturated carbocycles. The highest BCUT2D eigenvalue weighted by atomic mass is 31.2. The largest absolute Gasteiger partial charge is 0.309 e. The van der Waals surface area contributed by atoms with Crippen molar-refractivity contribution in [3.8, 4) is 5.69 Å². The zero-order valence-electron chi connectivity index (χ0n) is 19.9. The second-order valence-electron chi connectivity index (χ2n) is 9.06. The van der Waals surface area contributed by atoms with Crippen LogP contribution in [-0.2, 0) is 4.57 Å². The van der Waals surface area contributed by atoms with Gasteiger partial charge in [-0.1, -0.05) is 84.9 Å². The van der Waals surface area contributed by atoms with Crippen molar-refractivity contribution in [2.45, 2.75) is 0 Å². The summed E-state index contributed by atoms with van der Waals surface area (Å²) >= 11 is 0. The highest BCUT2D eigenvalue weighted by Crippen LogP contribution is 2.43. The molecular weight excluding hydrogens is 473 g/mol. The maximum absolute atomic E-state index is 15.2. The lowest BCUT2D eigenvalue weighted by Gasteiger charge is -2.18. The summed E-state index contributed by atoms with van der Waals surface area (Å²) < 4.78 is 17.4. The Kier molecular flexibility index (Phi) is 5.02. The quantitative estimate of drug-likeness (QED) is 0.267. The maximum Gasteiger partial charge on any atom is 0.206 e. The summed E-state index contributed by atoms with van der Waals surface area (Å²) in [5, 5.41) is 4.53. The zero-order chi connectivity index (χ0) is 24.8. The molecule has 0 N–H and O–H groups in total. The standard InChI is InChI=1S/C32H22N3OP/c36-37(25-14-5-2-6-15-25,32-33-22-23-11-7-9-17-29(23)34-32)26-19-20-31-28(21-26)27-16-8-10-18-30(27)35(31)24-12-3-1-4-13-24/h1-22H. The number of hydrogen-bond donors (Lipinski definition) is 0. The van der Waals surface area contributed by atoms with Gasteiger partial charge in [-0.25, -0.2) is 9.97 Å². The molecule has 1 unspecified atom stereocenters. The Labute approximate surface area is 214 Å². The Morgan fingerprint density at radius 2 is 1.27 bits per heavy atom. The van der Waals surface area contributed by atoms with Gasteiger partial charge >= 0.3 is 0 Å². The number of nitrogens with zero attached hydrogens (tertiary/aromatic N) is 3. The van der Waals surface area contributed by atoms with E-state index in [1.165, 1.54) is 0 Å². The van der Waals surface area contributed by atoms with Crippen LogP contribution in [0.15, 0.2) is 134 Å². The van der Waals surface area contributed by atoms with Crippen molar-refractivity contribution < 1.29 is 4.57 Å². The number of benzene rings is 5. The first-order valence-corrected chi connectivity index (χ1v) is 13.9. The highest BCUT2D eigenvalue weighted by Gasteiger charge is 2.33. The number of hydrogen-bond acceptors (Lipinski definition) is 3. The van der Waals surface area contributed by atoms with E-state index in [-0.39, 0.29) is 0 Å². The molecule has 0 aliphatic rings. The van der Waals surface area contributed by atoms with Crippen LogP contribution < -0.4 is 16.2 Å². The Morgan fingerprint density at radius 3 is 2.11 bits per heavy atom. The second kappa shape index (κ2) is 8.55. The van der Waals surface area contributed by atoms with Crippen molar-refractivity contribution in [3.05, 3.63) is 134 Å². The van der Waals surface area contributed by atoms with E-state index in [4.69, 9.17) is 4.98 Å². The van der Waals surface area contributed by atoms with Gasteiger partial charge in [0.2, 0.25) is 7.14 Å². The SMILES string of the molecule is O=P(c1ccccc1)(c1ccc2c(c1)c1ccccc1n2-c1ccccc1)c1ncc2ccccc2n1. The van der Waals surface area contributed by atoms with Gasteiger partial charge in [-0.05, 0) is 42.5 Å². The molecule has 7 rings (SSSR count). The molecule has 0 aliphatic heterocycles. The summed E-state index contributed by atoms with van der Waals surface area (Å²) in [4.78, 5) is 9.46. The minimum Gasteiger partial charge on any atom is -0.309 e. The first-order chi connectivity index (χ1) is 18.2. The summed E-state index contributed by atoms with van der Waals surface area (Å²) in [6.45, 7) is 0. The lowest BCUT2D eigenvalue weighted by atomic mass is 10.1. The molecule has 7 aromatic rings. The third kappa shape index (κ3) is 3.41. The van der Waals surface area contributed by atoms with E-state index < -0.39 is 7.14 Å². The van der Waals surface area contributed by atoms with Crippen molar-refractivity contribution in [1.29, 1.82) is 0 Å². The maximum atomic E-state index is 15.2.